The third-order valence-electron chi connectivity index (χ3n) is 1.32. The zero-order valence-corrected chi connectivity index (χ0v) is 6.68. The molecule has 1 aromatic carbocycles. The summed E-state index contributed by atoms with van der Waals surface area (Å²) in [5.74, 6) is -2.88. The molecular formula is C7H2ClF5. The molecule has 0 aromatic heterocycles. The van der Waals surface area contributed by atoms with Gasteiger partial charge in [0.1, 0.15) is 11.6 Å². The van der Waals surface area contributed by atoms with Gasteiger partial charge in [0, 0.05) is 0 Å². The second kappa shape index (κ2) is 3.14. The van der Waals surface area contributed by atoms with Gasteiger partial charge in [-0.15, -0.1) is 0 Å². The van der Waals surface area contributed by atoms with Gasteiger partial charge >= 0.3 is 6.18 Å². The van der Waals surface area contributed by atoms with Gasteiger partial charge in [0.2, 0.25) is 0 Å². The van der Waals surface area contributed by atoms with E-state index in [-0.39, 0.29) is 6.07 Å². The zero-order chi connectivity index (χ0) is 10.2. The summed E-state index contributed by atoms with van der Waals surface area (Å²) in [5.41, 5.74) is -1.66. The van der Waals surface area contributed by atoms with Gasteiger partial charge in [-0.25, -0.2) is 8.78 Å². The molecule has 0 bridgehead atoms. The molecule has 0 aliphatic carbocycles. The van der Waals surface area contributed by atoms with E-state index in [1.54, 1.807) is 0 Å². The SMILES string of the molecule is Fc1cc(C(F)(F)F)c(F)cc1Cl. The van der Waals surface area contributed by atoms with Gasteiger partial charge in [-0.1, -0.05) is 11.6 Å². The maximum absolute atomic E-state index is 12.6. The number of alkyl halides is 3. The Morgan fingerprint density at radius 2 is 1.54 bits per heavy atom. The Kier molecular flexibility index (Phi) is 2.47. The highest BCUT2D eigenvalue weighted by Gasteiger charge is 2.34. The van der Waals surface area contributed by atoms with E-state index >= 15 is 0 Å². The minimum Gasteiger partial charge on any atom is -0.206 e. The molecule has 0 heterocycles. The van der Waals surface area contributed by atoms with Crippen LogP contribution >= 0.6 is 11.6 Å². The van der Waals surface area contributed by atoms with E-state index in [1.165, 1.54) is 0 Å². The molecule has 1 rings (SSSR count). The first-order valence-corrected chi connectivity index (χ1v) is 3.42. The van der Waals surface area contributed by atoms with Gasteiger partial charge in [-0.05, 0) is 12.1 Å². The minimum atomic E-state index is -4.91. The second-order valence-electron chi connectivity index (χ2n) is 2.24. The summed E-state index contributed by atoms with van der Waals surface area (Å²) < 4.78 is 60.8. The standard InChI is InChI=1S/C7H2ClF5/c8-4-2-5(9)3(1-6(4)10)7(11,12)13/h1-2H. The van der Waals surface area contributed by atoms with Crippen LogP contribution < -0.4 is 0 Å². The number of hydrogen-bond donors (Lipinski definition) is 0. The summed E-state index contributed by atoms with van der Waals surface area (Å²) in [5, 5.41) is -0.675. The molecule has 0 unspecified atom stereocenters. The van der Waals surface area contributed by atoms with Gasteiger partial charge in [0.05, 0.1) is 10.6 Å². The van der Waals surface area contributed by atoms with Crippen molar-refractivity contribution < 1.29 is 22.0 Å². The Morgan fingerprint density at radius 3 is 2.00 bits per heavy atom. The summed E-state index contributed by atoms with van der Waals surface area (Å²) in [6.07, 6.45) is -4.91. The first-order chi connectivity index (χ1) is 5.82. The largest absolute Gasteiger partial charge is 0.419 e. The monoisotopic (exact) mass is 216 g/mol. The summed E-state index contributed by atoms with van der Waals surface area (Å²) in [6, 6.07) is 0.317. The molecule has 0 fully saturated rings. The maximum atomic E-state index is 12.6. The van der Waals surface area contributed by atoms with Gasteiger partial charge < -0.3 is 0 Å². The lowest BCUT2D eigenvalue weighted by atomic mass is 10.2. The van der Waals surface area contributed by atoms with Crippen LogP contribution in [0.15, 0.2) is 12.1 Å². The van der Waals surface area contributed by atoms with Crippen molar-refractivity contribution in [3.63, 3.8) is 0 Å². The Hall–Kier alpha value is -0.840. The highest BCUT2D eigenvalue weighted by atomic mass is 35.5. The van der Waals surface area contributed by atoms with Crippen molar-refractivity contribution in [1.29, 1.82) is 0 Å². The molecule has 0 aliphatic heterocycles. The molecule has 0 N–H and O–H groups in total. The molecule has 0 saturated carbocycles. The van der Waals surface area contributed by atoms with Crippen LogP contribution in [0, 0.1) is 11.6 Å². The van der Waals surface area contributed by atoms with Crippen LogP contribution in [-0.4, -0.2) is 0 Å². The number of halogens is 6. The third kappa shape index (κ3) is 2.09. The average Bonchev–Trinajstić information content (AvgIpc) is 1.94. The first-order valence-electron chi connectivity index (χ1n) is 3.04. The van der Waals surface area contributed by atoms with Crippen molar-refractivity contribution in [3.05, 3.63) is 34.4 Å². The number of benzene rings is 1. The minimum absolute atomic E-state index is 0.0255. The van der Waals surface area contributed by atoms with Crippen molar-refractivity contribution >= 4 is 11.6 Å². The second-order valence-corrected chi connectivity index (χ2v) is 2.65. The van der Waals surface area contributed by atoms with Crippen LogP contribution in [0.1, 0.15) is 5.56 Å². The van der Waals surface area contributed by atoms with Crippen molar-refractivity contribution in [3.8, 4) is 0 Å². The van der Waals surface area contributed by atoms with E-state index in [4.69, 9.17) is 11.6 Å². The lowest BCUT2D eigenvalue weighted by molar-refractivity contribution is -0.140. The number of rotatable bonds is 0. The van der Waals surface area contributed by atoms with E-state index in [1.807, 2.05) is 0 Å². The number of hydrogen-bond acceptors (Lipinski definition) is 0. The van der Waals surface area contributed by atoms with Crippen molar-refractivity contribution in [1.82, 2.24) is 0 Å². The van der Waals surface area contributed by atoms with Crippen molar-refractivity contribution in [2.75, 3.05) is 0 Å². The fourth-order valence-electron chi connectivity index (χ4n) is 0.740. The highest BCUT2D eigenvalue weighted by molar-refractivity contribution is 6.30. The summed E-state index contributed by atoms with van der Waals surface area (Å²) in [6.45, 7) is 0. The Balaban J connectivity index is 3.32. The van der Waals surface area contributed by atoms with E-state index in [0.29, 0.717) is 6.07 Å². The topological polar surface area (TPSA) is 0 Å². The molecular weight excluding hydrogens is 215 g/mol. The molecule has 13 heavy (non-hydrogen) atoms. The molecule has 0 saturated heterocycles. The quantitative estimate of drug-likeness (QED) is 0.459. The fourth-order valence-corrected chi connectivity index (χ4v) is 0.890. The molecule has 0 spiro atoms. The molecule has 0 amide bonds. The van der Waals surface area contributed by atoms with Gasteiger partial charge in [-0.3, -0.25) is 0 Å². The lowest BCUT2D eigenvalue weighted by Crippen LogP contribution is -2.08. The molecule has 0 aliphatic rings. The highest BCUT2D eigenvalue weighted by Crippen LogP contribution is 2.33. The third-order valence-corrected chi connectivity index (χ3v) is 1.61. The van der Waals surface area contributed by atoms with E-state index in [2.05, 4.69) is 0 Å². The Bertz CT molecular complexity index is 330. The maximum Gasteiger partial charge on any atom is 0.419 e. The van der Waals surface area contributed by atoms with Gasteiger partial charge in [0.15, 0.2) is 0 Å². The van der Waals surface area contributed by atoms with E-state index < -0.39 is 28.4 Å². The molecule has 72 valence electrons. The van der Waals surface area contributed by atoms with Crippen molar-refractivity contribution in [2.24, 2.45) is 0 Å². The van der Waals surface area contributed by atoms with Crippen LogP contribution in [0.2, 0.25) is 5.02 Å². The van der Waals surface area contributed by atoms with Crippen LogP contribution in [0.3, 0.4) is 0 Å². The van der Waals surface area contributed by atoms with Crippen molar-refractivity contribution in [2.45, 2.75) is 6.18 Å². The van der Waals surface area contributed by atoms with Crippen LogP contribution in [0.5, 0.6) is 0 Å². The molecule has 6 heteroatoms. The molecule has 0 atom stereocenters. The van der Waals surface area contributed by atoms with Gasteiger partial charge in [-0.2, -0.15) is 13.2 Å². The normalized spacial score (nSPS) is 11.8. The van der Waals surface area contributed by atoms with E-state index in [0.717, 1.165) is 0 Å². The smallest absolute Gasteiger partial charge is 0.206 e. The van der Waals surface area contributed by atoms with Crippen LogP contribution in [0.25, 0.3) is 0 Å². The average molecular weight is 217 g/mol. The molecule has 1 aromatic rings. The summed E-state index contributed by atoms with van der Waals surface area (Å²) in [4.78, 5) is 0. The predicted octanol–water partition coefficient (Wildman–Crippen LogP) is 3.64. The summed E-state index contributed by atoms with van der Waals surface area (Å²) in [7, 11) is 0. The van der Waals surface area contributed by atoms with Crippen LogP contribution in [0.4, 0.5) is 22.0 Å². The van der Waals surface area contributed by atoms with Crippen LogP contribution in [-0.2, 0) is 6.18 Å². The first kappa shape index (κ1) is 10.2. The summed E-state index contributed by atoms with van der Waals surface area (Å²) >= 11 is 5.05. The van der Waals surface area contributed by atoms with Gasteiger partial charge in [0.25, 0.3) is 0 Å². The molecule has 0 radical (unpaired) electrons. The fraction of sp³-hybridized carbons (Fsp3) is 0.143. The zero-order valence-electron chi connectivity index (χ0n) is 5.92. The molecule has 0 nitrogen and oxygen atoms in total. The predicted molar refractivity (Wildman–Crippen MR) is 36.4 cm³/mol. The van der Waals surface area contributed by atoms with E-state index in [9.17, 15) is 22.0 Å². The lowest BCUT2D eigenvalue weighted by Gasteiger charge is -2.07. The Morgan fingerprint density at radius 1 is 1.00 bits per heavy atom. The Labute approximate surface area is 74.9 Å².